The molecule has 5 aliphatic rings. The third-order valence-corrected chi connectivity index (χ3v) is 13.5. The van der Waals surface area contributed by atoms with Gasteiger partial charge in [-0.25, -0.2) is 0 Å². The first-order valence-electron chi connectivity index (χ1n) is 15.0. The topological polar surface area (TPSA) is 29.6 Å². The van der Waals surface area contributed by atoms with Gasteiger partial charge in [-0.2, -0.15) is 0 Å². The Kier molecular flexibility index (Phi) is 5.90. The van der Waals surface area contributed by atoms with Gasteiger partial charge in [0, 0.05) is 5.92 Å². The summed E-state index contributed by atoms with van der Waals surface area (Å²) < 4.78 is 6.47. The quantitative estimate of drug-likeness (QED) is 0.377. The van der Waals surface area contributed by atoms with Gasteiger partial charge >= 0.3 is 0 Å². The number of hydrogen-bond acceptors (Lipinski definition) is 2. The van der Waals surface area contributed by atoms with Gasteiger partial charge in [0.2, 0.25) is 0 Å². The summed E-state index contributed by atoms with van der Waals surface area (Å²) in [6.45, 7) is 27.1. The number of ketones is 1. The molecule has 2 unspecified atom stereocenters. The molecule has 0 aromatic rings. The lowest BCUT2D eigenvalue weighted by Crippen LogP contribution is -2.59. The summed E-state index contributed by atoms with van der Waals surface area (Å²) in [6.07, 6.45) is 9.07. The number of allylic oxidation sites excluding steroid dienone is 2. The highest BCUT2D eigenvalue weighted by Gasteiger charge is 2.70. The Labute approximate surface area is 216 Å². The van der Waals surface area contributed by atoms with Crippen LogP contribution in [-0.4, -0.2) is 18.0 Å². The summed E-state index contributed by atoms with van der Waals surface area (Å²) in [6, 6.07) is 0. The zero-order valence-electron chi connectivity index (χ0n) is 24.7. The SMILES string of the molecule is CC(C)C(C)[C@H]1O[C@H]1C(C)(C)[C@H]1CC[C@@]2(C)C3=CC(=O)[C@@H]4C[C@@H](C)[C@@H](C)C[C@]4(C)C3[C@H](C)C[C@]12C. The molecule has 1 heterocycles. The van der Waals surface area contributed by atoms with Crippen molar-refractivity contribution in [2.45, 2.75) is 120 Å². The second-order valence-electron chi connectivity index (χ2n) is 15.9. The van der Waals surface area contributed by atoms with Crippen LogP contribution in [0.4, 0.5) is 0 Å². The van der Waals surface area contributed by atoms with Crippen LogP contribution in [0, 0.1) is 69.0 Å². The number of rotatable bonds is 4. The van der Waals surface area contributed by atoms with Crippen LogP contribution in [0.1, 0.15) is 108 Å². The van der Waals surface area contributed by atoms with Crippen LogP contribution >= 0.6 is 0 Å². The second-order valence-corrected chi connectivity index (χ2v) is 15.9. The van der Waals surface area contributed by atoms with Crippen LogP contribution in [0.5, 0.6) is 0 Å². The van der Waals surface area contributed by atoms with E-state index in [9.17, 15) is 4.79 Å². The van der Waals surface area contributed by atoms with E-state index < -0.39 is 0 Å². The largest absolute Gasteiger partial charge is 0.369 e. The van der Waals surface area contributed by atoms with Gasteiger partial charge in [-0.3, -0.25) is 4.79 Å². The first-order chi connectivity index (χ1) is 16.1. The van der Waals surface area contributed by atoms with E-state index in [4.69, 9.17) is 4.74 Å². The number of carbonyl (C=O) groups is 1. The fourth-order valence-electron chi connectivity index (χ4n) is 10.8. The normalized spacial score (nSPS) is 52.5. The molecule has 0 bridgehead atoms. The molecule has 0 aromatic carbocycles. The number of hydrogen-bond donors (Lipinski definition) is 0. The minimum Gasteiger partial charge on any atom is -0.369 e. The summed E-state index contributed by atoms with van der Waals surface area (Å²) in [5.41, 5.74) is 2.17. The van der Waals surface area contributed by atoms with Crippen molar-refractivity contribution in [1.29, 1.82) is 0 Å². The van der Waals surface area contributed by atoms with Gasteiger partial charge in [0.1, 0.15) is 0 Å². The number of ether oxygens (including phenoxy) is 1. The zero-order chi connectivity index (χ0) is 25.9. The van der Waals surface area contributed by atoms with E-state index >= 15 is 0 Å². The van der Waals surface area contributed by atoms with Crippen molar-refractivity contribution in [2.75, 3.05) is 0 Å². The molecule has 198 valence electrons. The Balaban J connectivity index is 1.51. The van der Waals surface area contributed by atoms with Crippen molar-refractivity contribution < 1.29 is 9.53 Å². The lowest BCUT2D eigenvalue weighted by atomic mass is 9.40. The van der Waals surface area contributed by atoms with Crippen LogP contribution in [0.2, 0.25) is 0 Å². The maximum atomic E-state index is 13.8. The van der Waals surface area contributed by atoms with E-state index in [1.54, 1.807) is 5.57 Å². The average Bonchev–Trinajstić information content (AvgIpc) is 3.50. The van der Waals surface area contributed by atoms with Crippen molar-refractivity contribution in [2.24, 2.45) is 69.0 Å². The lowest BCUT2D eigenvalue weighted by Gasteiger charge is -2.64. The Morgan fingerprint density at radius 1 is 1.00 bits per heavy atom. The predicted octanol–water partition coefficient (Wildman–Crippen LogP) is 8.35. The van der Waals surface area contributed by atoms with E-state index in [2.05, 4.69) is 82.2 Å². The van der Waals surface area contributed by atoms with E-state index in [0.717, 1.165) is 6.42 Å². The van der Waals surface area contributed by atoms with Gasteiger partial charge in [0.05, 0.1) is 12.2 Å². The molecular formula is C33H54O2. The van der Waals surface area contributed by atoms with E-state index in [1.165, 1.54) is 25.7 Å². The smallest absolute Gasteiger partial charge is 0.159 e. The van der Waals surface area contributed by atoms with Gasteiger partial charge in [-0.05, 0) is 101 Å². The van der Waals surface area contributed by atoms with E-state index in [0.29, 0.717) is 59.4 Å². The molecule has 1 aliphatic heterocycles. The molecule has 3 saturated carbocycles. The van der Waals surface area contributed by atoms with Crippen molar-refractivity contribution in [3.8, 4) is 0 Å². The summed E-state index contributed by atoms with van der Waals surface area (Å²) in [5, 5.41) is 0. The lowest BCUT2D eigenvalue weighted by molar-refractivity contribution is -0.138. The maximum absolute atomic E-state index is 13.8. The Morgan fingerprint density at radius 3 is 2.29 bits per heavy atom. The molecule has 0 amide bonds. The summed E-state index contributed by atoms with van der Waals surface area (Å²) >= 11 is 0. The van der Waals surface area contributed by atoms with Gasteiger partial charge in [-0.15, -0.1) is 0 Å². The van der Waals surface area contributed by atoms with Gasteiger partial charge in [-0.1, -0.05) is 81.7 Å². The first kappa shape index (κ1) is 26.0. The third-order valence-electron chi connectivity index (χ3n) is 13.5. The Bertz CT molecular complexity index is 914. The van der Waals surface area contributed by atoms with E-state index in [-0.39, 0.29) is 27.6 Å². The highest BCUT2D eigenvalue weighted by molar-refractivity contribution is 5.94. The second kappa shape index (κ2) is 7.94. The van der Waals surface area contributed by atoms with Crippen molar-refractivity contribution in [1.82, 2.24) is 0 Å². The van der Waals surface area contributed by atoms with Crippen LogP contribution in [-0.2, 0) is 9.53 Å². The molecule has 0 radical (unpaired) electrons. The zero-order valence-corrected chi connectivity index (χ0v) is 24.7. The fourth-order valence-corrected chi connectivity index (χ4v) is 10.8. The molecule has 2 heteroatoms. The third kappa shape index (κ3) is 3.39. The number of fused-ring (bicyclic) bond motifs is 5. The summed E-state index contributed by atoms with van der Waals surface area (Å²) in [4.78, 5) is 13.8. The first-order valence-corrected chi connectivity index (χ1v) is 15.0. The van der Waals surface area contributed by atoms with Crippen molar-refractivity contribution in [3.05, 3.63) is 11.6 Å². The molecule has 0 aromatic heterocycles. The van der Waals surface area contributed by atoms with Gasteiger partial charge in [0.15, 0.2) is 5.78 Å². The molecule has 1 saturated heterocycles. The Hall–Kier alpha value is -0.630. The maximum Gasteiger partial charge on any atom is 0.159 e. The molecule has 2 nitrogen and oxygen atoms in total. The van der Waals surface area contributed by atoms with Gasteiger partial charge in [0.25, 0.3) is 0 Å². The average molecular weight is 483 g/mol. The highest BCUT2D eigenvalue weighted by atomic mass is 16.6. The molecule has 0 spiro atoms. The molecule has 5 rings (SSSR count). The summed E-state index contributed by atoms with van der Waals surface area (Å²) in [5.74, 6) is 5.13. The fraction of sp³-hybridized carbons (Fsp3) is 0.909. The molecule has 35 heavy (non-hydrogen) atoms. The van der Waals surface area contributed by atoms with Crippen LogP contribution in [0.25, 0.3) is 0 Å². The summed E-state index contributed by atoms with van der Waals surface area (Å²) in [7, 11) is 0. The molecule has 4 aliphatic carbocycles. The highest BCUT2D eigenvalue weighted by Crippen LogP contribution is 2.75. The Morgan fingerprint density at radius 2 is 1.66 bits per heavy atom. The number of carbonyl (C=O) groups excluding carboxylic acids is 1. The number of epoxide rings is 1. The molecular weight excluding hydrogens is 428 g/mol. The van der Waals surface area contributed by atoms with Crippen molar-refractivity contribution >= 4 is 5.78 Å². The standard InChI is InChI=1S/C33H54O2/c1-18(2)22(6)28-29(35-28)30(7,8)26-12-13-32(10)24-15-25(34)23-14-19(3)20(4)16-31(23,9)27(24)21(5)17-33(26,32)11/h15,18-23,26-29H,12-14,16-17H2,1-11H3/t19-,20+,21-,22?,23+,26-,27?,28-,29-,31+,32+,33-/m1/s1. The van der Waals surface area contributed by atoms with Crippen LogP contribution in [0.15, 0.2) is 11.6 Å². The van der Waals surface area contributed by atoms with Crippen molar-refractivity contribution in [3.63, 3.8) is 0 Å². The molecule has 12 atom stereocenters. The van der Waals surface area contributed by atoms with Crippen LogP contribution < -0.4 is 0 Å². The minimum absolute atomic E-state index is 0.121. The molecule has 0 N–H and O–H groups in total. The monoisotopic (exact) mass is 482 g/mol. The van der Waals surface area contributed by atoms with Crippen LogP contribution in [0.3, 0.4) is 0 Å². The van der Waals surface area contributed by atoms with E-state index in [1.807, 2.05) is 0 Å². The molecule has 4 fully saturated rings. The van der Waals surface area contributed by atoms with Gasteiger partial charge < -0.3 is 4.74 Å². The minimum atomic E-state index is 0.121. The predicted molar refractivity (Wildman–Crippen MR) is 145 cm³/mol.